The molecule has 0 saturated heterocycles. The number of para-hydroxylation sites is 1. The number of guanidine groups is 1. The van der Waals surface area contributed by atoms with Gasteiger partial charge in [-0.3, -0.25) is 0 Å². The van der Waals surface area contributed by atoms with Crippen LogP contribution < -0.4 is 15.4 Å². The van der Waals surface area contributed by atoms with Crippen LogP contribution in [-0.4, -0.2) is 35.7 Å². The summed E-state index contributed by atoms with van der Waals surface area (Å²) in [6, 6.07) is 16.4. The third-order valence-electron chi connectivity index (χ3n) is 4.39. The van der Waals surface area contributed by atoms with Crippen LogP contribution in [0.2, 0.25) is 0 Å². The number of nitrogens with one attached hydrogen (secondary N) is 2. The number of aliphatic imine (C=N–C) groups is 1. The van der Waals surface area contributed by atoms with Crippen molar-refractivity contribution in [3.8, 4) is 11.4 Å². The first-order chi connectivity index (χ1) is 13.8. The average Bonchev–Trinajstić information content (AvgIpc) is 3.27. The van der Waals surface area contributed by atoms with Crippen LogP contribution in [0.15, 0.2) is 72.2 Å². The van der Waals surface area contributed by atoms with Crippen LogP contribution >= 0.6 is 0 Å². The normalized spacial score (nSPS) is 11.3. The Morgan fingerprint density at radius 1 is 1.11 bits per heavy atom. The largest absolute Gasteiger partial charge is 0.497 e. The highest BCUT2D eigenvalue weighted by Crippen LogP contribution is 2.15. The minimum Gasteiger partial charge on any atom is -0.497 e. The second-order valence-electron chi connectivity index (χ2n) is 6.32. The number of ether oxygens (including phenoxy) is 1. The molecule has 0 aliphatic rings. The minimum absolute atomic E-state index is 0.590. The van der Waals surface area contributed by atoms with Crippen molar-refractivity contribution in [1.29, 1.82) is 0 Å². The fourth-order valence-corrected chi connectivity index (χ4v) is 2.92. The van der Waals surface area contributed by atoms with Crippen LogP contribution in [0.4, 0.5) is 0 Å². The van der Waals surface area contributed by atoms with Gasteiger partial charge in [0, 0.05) is 25.5 Å². The Kier molecular flexibility index (Phi) is 7.07. The maximum atomic E-state index is 5.20. The summed E-state index contributed by atoms with van der Waals surface area (Å²) in [6.07, 6.45) is 6.45. The van der Waals surface area contributed by atoms with E-state index in [-0.39, 0.29) is 0 Å². The topological polar surface area (TPSA) is 63.5 Å². The molecule has 28 heavy (non-hydrogen) atoms. The van der Waals surface area contributed by atoms with Gasteiger partial charge in [-0.2, -0.15) is 0 Å². The first-order valence-corrected chi connectivity index (χ1v) is 9.51. The smallest absolute Gasteiger partial charge is 0.191 e. The van der Waals surface area contributed by atoms with E-state index in [0.717, 1.165) is 42.5 Å². The highest BCUT2D eigenvalue weighted by atomic mass is 16.5. The first kappa shape index (κ1) is 19.5. The van der Waals surface area contributed by atoms with Crippen LogP contribution in [0.25, 0.3) is 5.69 Å². The number of methoxy groups -OCH3 is 1. The molecule has 0 amide bonds. The molecule has 0 unspecified atom stereocenters. The molecule has 0 radical (unpaired) electrons. The third-order valence-corrected chi connectivity index (χ3v) is 4.39. The summed E-state index contributed by atoms with van der Waals surface area (Å²) in [5, 5.41) is 6.72. The molecule has 0 spiro atoms. The van der Waals surface area contributed by atoms with E-state index in [2.05, 4.69) is 46.8 Å². The van der Waals surface area contributed by atoms with Crippen LogP contribution in [-0.2, 0) is 13.0 Å². The Bertz CT molecular complexity index is 872. The van der Waals surface area contributed by atoms with Gasteiger partial charge in [-0.05, 0) is 42.7 Å². The number of rotatable bonds is 8. The summed E-state index contributed by atoms with van der Waals surface area (Å²) in [5.41, 5.74) is 3.50. The van der Waals surface area contributed by atoms with Gasteiger partial charge in [0.2, 0.25) is 0 Å². The van der Waals surface area contributed by atoms with Crippen molar-refractivity contribution in [3.05, 3.63) is 78.4 Å². The zero-order chi connectivity index (χ0) is 19.6. The molecule has 6 nitrogen and oxygen atoms in total. The van der Waals surface area contributed by atoms with Crippen LogP contribution in [0.1, 0.15) is 18.1 Å². The fourth-order valence-electron chi connectivity index (χ4n) is 2.92. The molecular formula is C22H27N5O. The molecule has 2 aromatic carbocycles. The summed E-state index contributed by atoms with van der Waals surface area (Å²) >= 11 is 0. The zero-order valence-electron chi connectivity index (χ0n) is 16.4. The maximum absolute atomic E-state index is 5.20. The van der Waals surface area contributed by atoms with Gasteiger partial charge in [-0.15, -0.1) is 0 Å². The molecule has 0 aliphatic carbocycles. The lowest BCUT2D eigenvalue weighted by Crippen LogP contribution is -2.38. The molecule has 1 heterocycles. The van der Waals surface area contributed by atoms with Crippen LogP contribution in [0.3, 0.4) is 0 Å². The Labute approximate surface area is 166 Å². The molecule has 3 rings (SSSR count). The lowest BCUT2D eigenvalue weighted by Gasteiger charge is -2.13. The van der Waals surface area contributed by atoms with Crippen molar-refractivity contribution < 1.29 is 4.74 Å². The van der Waals surface area contributed by atoms with Crippen LogP contribution in [0.5, 0.6) is 5.75 Å². The zero-order valence-corrected chi connectivity index (χ0v) is 16.4. The van der Waals surface area contributed by atoms with Gasteiger partial charge in [-0.1, -0.05) is 30.3 Å². The van der Waals surface area contributed by atoms with Crippen molar-refractivity contribution in [2.45, 2.75) is 19.9 Å². The third kappa shape index (κ3) is 5.36. The van der Waals surface area contributed by atoms with Crippen molar-refractivity contribution in [1.82, 2.24) is 20.2 Å². The van der Waals surface area contributed by atoms with Crippen molar-refractivity contribution >= 4 is 5.96 Å². The van der Waals surface area contributed by atoms with Gasteiger partial charge in [0.1, 0.15) is 5.75 Å². The maximum Gasteiger partial charge on any atom is 0.191 e. The van der Waals surface area contributed by atoms with Gasteiger partial charge in [0.05, 0.1) is 25.7 Å². The predicted molar refractivity (Wildman–Crippen MR) is 113 cm³/mol. The molecular weight excluding hydrogens is 350 g/mol. The van der Waals surface area contributed by atoms with Crippen LogP contribution in [0, 0.1) is 0 Å². The van der Waals surface area contributed by atoms with Crippen molar-refractivity contribution in [3.63, 3.8) is 0 Å². The quantitative estimate of drug-likeness (QED) is 0.467. The molecule has 2 N–H and O–H groups in total. The lowest BCUT2D eigenvalue weighted by molar-refractivity contribution is 0.414. The molecule has 3 aromatic rings. The molecule has 0 fully saturated rings. The van der Waals surface area contributed by atoms with E-state index in [1.807, 2.05) is 35.0 Å². The Morgan fingerprint density at radius 3 is 2.64 bits per heavy atom. The van der Waals surface area contributed by atoms with E-state index in [9.17, 15) is 0 Å². The van der Waals surface area contributed by atoms with E-state index >= 15 is 0 Å². The van der Waals surface area contributed by atoms with E-state index < -0.39 is 0 Å². The predicted octanol–water partition coefficient (Wildman–Crippen LogP) is 3.18. The Balaban J connectivity index is 1.61. The van der Waals surface area contributed by atoms with Gasteiger partial charge in [0.15, 0.2) is 5.96 Å². The second-order valence-corrected chi connectivity index (χ2v) is 6.32. The molecule has 146 valence electrons. The van der Waals surface area contributed by atoms with E-state index in [1.165, 1.54) is 5.56 Å². The molecule has 0 saturated carbocycles. The number of hydrogen-bond acceptors (Lipinski definition) is 3. The number of nitrogens with zero attached hydrogens (tertiary/aromatic N) is 3. The summed E-state index contributed by atoms with van der Waals surface area (Å²) in [5.74, 6) is 1.69. The fraction of sp³-hybridized carbons (Fsp3) is 0.273. The highest BCUT2D eigenvalue weighted by molar-refractivity contribution is 5.79. The van der Waals surface area contributed by atoms with Crippen molar-refractivity contribution in [2.75, 3.05) is 20.2 Å². The van der Waals surface area contributed by atoms with Gasteiger partial charge in [-0.25, -0.2) is 9.98 Å². The number of aromatic nitrogens is 2. The Morgan fingerprint density at radius 2 is 1.93 bits per heavy atom. The summed E-state index contributed by atoms with van der Waals surface area (Å²) < 4.78 is 7.21. The minimum atomic E-state index is 0.590. The average molecular weight is 377 g/mol. The van der Waals surface area contributed by atoms with Gasteiger partial charge < -0.3 is 19.9 Å². The monoisotopic (exact) mass is 377 g/mol. The second kappa shape index (κ2) is 10.2. The standard InChI is InChI=1S/C22H27N5O/c1-3-24-22(25-13-12-18-8-10-20(28-2)11-9-18)26-16-19-6-4-5-7-21(19)27-15-14-23-17-27/h4-11,14-15,17H,3,12-13,16H2,1-2H3,(H2,24,25,26). The van der Waals surface area contributed by atoms with Gasteiger partial charge >= 0.3 is 0 Å². The van der Waals surface area contributed by atoms with Crippen molar-refractivity contribution in [2.24, 2.45) is 4.99 Å². The summed E-state index contributed by atoms with van der Waals surface area (Å²) in [7, 11) is 1.68. The number of hydrogen-bond donors (Lipinski definition) is 2. The van der Waals surface area contributed by atoms with Gasteiger partial charge in [0.25, 0.3) is 0 Å². The lowest BCUT2D eigenvalue weighted by atomic mass is 10.1. The number of imidazole rings is 1. The molecule has 6 heteroatoms. The highest BCUT2D eigenvalue weighted by Gasteiger charge is 2.04. The SMILES string of the molecule is CCNC(=NCc1ccccc1-n1ccnc1)NCCc1ccc(OC)cc1. The van der Waals surface area contributed by atoms with E-state index in [4.69, 9.17) is 9.73 Å². The number of benzene rings is 2. The molecule has 0 atom stereocenters. The summed E-state index contributed by atoms with van der Waals surface area (Å²) in [4.78, 5) is 8.89. The first-order valence-electron chi connectivity index (χ1n) is 9.51. The Hall–Kier alpha value is -3.28. The van der Waals surface area contributed by atoms with E-state index in [0.29, 0.717) is 6.54 Å². The molecule has 1 aromatic heterocycles. The van der Waals surface area contributed by atoms with E-state index in [1.54, 1.807) is 19.6 Å². The summed E-state index contributed by atoms with van der Waals surface area (Å²) in [6.45, 7) is 4.28. The molecule has 0 bridgehead atoms. The molecule has 0 aliphatic heterocycles.